The lowest BCUT2D eigenvalue weighted by Crippen LogP contribution is -2.59. The number of aliphatic hydroxyl groups is 1. The predicted octanol–water partition coefficient (Wildman–Crippen LogP) is -3.09. The van der Waals surface area contributed by atoms with Crippen molar-refractivity contribution in [1.82, 2.24) is 16.0 Å². The Labute approximate surface area is 213 Å². The first-order valence-electron chi connectivity index (χ1n) is 11.1. The van der Waals surface area contributed by atoms with Gasteiger partial charge < -0.3 is 48.5 Å². The summed E-state index contributed by atoms with van der Waals surface area (Å²) in [5.41, 5.74) is 16.1. The number of amides is 3. The summed E-state index contributed by atoms with van der Waals surface area (Å²) in [6, 6.07) is -5.16. The van der Waals surface area contributed by atoms with Crippen molar-refractivity contribution in [2.45, 2.75) is 69.3 Å². The number of guanidine groups is 1. The maximum absolute atomic E-state index is 12.8. The van der Waals surface area contributed by atoms with E-state index in [0.29, 0.717) is 5.75 Å². The van der Waals surface area contributed by atoms with E-state index in [9.17, 15) is 34.2 Å². The van der Waals surface area contributed by atoms with Gasteiger partial charge in [0.25, 0.3) is 0 Å². The number of carbonyl (C=O) groups excluding carboxylic acids is 3. The quantitative estimate of drug-likeness (QED) is 0.0479. The summed E-state index contributed by atoms with van der Waals surface area (Å²) in [5, 5.41) is 35.2. The fraction of sp³-hybridized carbons (Fsp3) is 0.700. The third-order valence-corrected chi connectivity index (χ3v) is 5.52. The van der Waals surface area contributed by atoms with Gasteiger partial charge in [0.15, 0.2) is 5.96 Å². The van der Waals surface area contributed by atoms with Gasteiger partial charge in [-0.05, 0) is 44.6 Å². The van der Waals surface area contributed by atoms with Crippen LogP contribution in [0.3, 0.4) is 0 Å². The van der Waals surface area contributed by atoms with E-state index in [1.807, 2.05) is 0 Å². The van der Waals surface area contributed by atoms with E-state index < -0.39 is 59.9 Å². The summed E-state index contributed by atoms with van der Waals surface area (Å²) in [6.07, 6.45) is 0.278. The highest BCUT2D eigenvalue weighted by atomic mass is 32.2. The molecule has 0 fully saturated rings. The Morgan fingerprint density at radius 3 is 2.03 bits per heavy atom. The minimum absolute atomic E-state index is 0.0294. The molecular weight excluding hydrogens is 498 g/mol. The number of hydrogen-bond acceptors (Lipinski definition) is 9. The summed E-state index contributed by atoms with van der Waals surface area (Å²) in [6.45, 7) is 1.40. The van der Waals surface area contributed by atoms with Crippen molar-refractivity contribution < 1.29 is 39.3 Å². The minimum Gasteiger partial charge on any atom is -0.481 e. The number of nitrogens with zero attached hydrogens (tertiary/aromatic N) is 1. The SMILES string of the molecule is CSCCC(NC(=O)C(NC(=O)C(N)CCC(=O)O)C(C)O)C(=O)NC(CCCN=C(N)N)C(=O)O. The lowest BCUT2D eigenvalue weighted by molar-refractivity contribution is -0.142. The van der Waals surface area contributed by atoms with Crippen LogP contribution in [0.5, 0.6) is 0 Å². The van der Waals surface area contributed by atoms with Gasteiger partial charge in [0.2, 0.25) is 17.7 Å². The molecule has 0 saturated heterocycles. The fourth-order valence-corrected chi connectivity index (χ4v) is 3.35. The Morgan fingerprint density at radius 2 is 1.53 bits per heavy atom. The number of carboxylic acids is 2. The molecule has 0 heterocycles. The molecule has 3 amide bonds. The maximum Gasteiger partial charge on any atom is 0.326 e. The van der Waals surface area contributed by atoms with Crippen LogP contribution in [0.4, 0.5) is 0 Å². The summed E-state index contributed by atoms with van der Waals surface area (Å²) >= 11 is 1.39. The van der Waals surface area contributed by atoms with Gasteiger partial charge in [-0.3, -0.25) is 24.2 Å². The van der Waals surface area contributed by atoms with Crippen molar-refractivity contribution in [3.8, 4) is 0 Å². The molecular formula is C20H37N7O8S. The van der Waals surface area contributed by atoms with Gasteiger partial charge in [0, 0.05) is 13.0 Å². The molecule has 15 nitrogen and oxygen atoms in total. The van der Waals surface area contributed by atoms with Crippen molar-refractivity contribution >= 4 is 47.4 Å². The van der Waals surface area contributed by atoms with Crippen molar-refractivity contribution in [1.29, 1.82) is 0 Å². The Bertz CT molecular complexity index is 792. The monoisotopic (exact) mass is 535 g/mol. The molecule has 0 aromatic rings. The number of carbonyl (C=O) groups is 5. The first kappa shape index (κ1) is 32.9. The van der Waals surface area contributed by atoms with E-state index >= 15 is 0 Å². The van der Waals surface area contributed by atoms with Crippen LogP contribution in [0.25, 0.3) is 0 Å². The van der Waals surface area contributed by atoms with E-state index in [4.69, 9.17) is 22.3 Å². The molecule has 0 aliphatic carbocycles. The average molecular weight is 536 g/mol. The van der Waals surface area contributed by atoms with Gasteiger partial charge in [0.1, 0.15) is 18.1 Å². The Kier molecular flexibility index (Phi) is 15.8. The molecule has 0 aliphatic rings. The molecule has 206 valence electrons. The van der Waals surface area contributed by atoms with Crippen molar-refractivity contribution in [2.24, 2.45) is 22.2 Å². The summed E-state index contributed by atoms with van der Waals surface area (Å²) in [5.74, 6) is -4.66. The number of thioether (sulfide) groups is 1. The second kappa shape index (κ2) is 17.3. The van der Waals surface area contributed by atoms with Crippen LogP contribution in [-0.4, -0.2) is 99.8 Å². The van der Waals surface area contributed by atoms with Crippen molar-refractivity contribution in [3.63, 3.8) is 0 Å². The van der Waals surface area contributed by atoms with Gasteiger partial charge in [0.05, 0.1) is 12.1 Å². The Morgan fingerprint density at radius 1 is 0.917 bits per heavy atom. The zero-order chi connectivity index (χ0) is 27.8. The average Bonchev–Trinajstić information content (AvgIpc) is 2.79. The molecule has 16 heteroatoms. The molecule has 0 spiro atoms. The highest BCUT2D eigenvalue weighted by molar-refractivity contribution is 7.98. The van der Waals surface area contributed by atoms with Crippen LogP contribution in [-0.2, 0) is 24.0 Å². The first-order chi connectivity index (χ1) is 16.8. The number of nitrogens with two attached hydrogens (primary N) is 3. The number of hydrogen-bond donors (Lipinski definition) is 9. The molecule has 0 aromatic heterocycles. The molecule has 0 saturated carbocycles. The Balaban J connectivity index is 5.34. The van der Waals surface area contributed by atoms with E-state index in [1.165, 1.54) is 18.7 Å². The summed E-state index contributed by atoms with van der Waals surface area (Å²) in [7, 11) is 0. The van der Waals surface area contributed by atoms with Crippen molar-refractivity contribution in [2.75, 3.05) is 18.6 Å². The van der Waals surface area contributed by atoms with E-state index in [0.717, 1.165) is 0 Å². The molecule has 0 rings (SSSR count). The molecule has 5 unspecified atom stereocenters. The largest absolute Gasteiger partial charge is 0.481 e. The Hall–Kier alpha value is -3.11. The van der Waals surface area contributed by atoms with Crippen LogP contribution in [0.15, 0.2) is 4.99 Å². The minimum atomic E-state index is -1.49. The van der Waals surface area contributed by atoms with Crippen LogP contribution in [0.2, 0.25) is 0 Å². The van der Waals surface area contributed by atoms with Crippen LogP contribution >= 0.6 is 11.8 Å². The normalized spacial score (nSPS) is 14.9. The number of carboxylic acid groups (broad SMARTS) is 2. The second-order valence-corrected chi connectivity index (χ2v) is 8.94. The van der Waals surface area contributed by atoms with E-state index in [2.05, 4.69) is 20.9 Å². The summed E-state index contributed by atoms with van der Waals surface area (Å²) in [4.78, 5) is 63.9. The highest BCUT2D eigenvalue weighted by Crippen LogP contribution is 2.06. The predicted molar refractivity (Wildman–Crippen MR) is 133 cm³/mol. The molecule has 0 aliphatic heterocycles. The third-order valence-electron chi connectivity index (χ3n) is 4.87. The molecule has 36 heavy (non-hydrogen) atoms. The second-order valence-electron chi connectivity index (χ2n) is 7.96. The van der Waals surface area contributed by atoms with Crippen LogP contribution in [0, 0.1) is 0 Å². The fourth-order valence-electron chi connectivity index (χ4n) is 2.87. The van der Waals surface area contributed by atoms with Gasteiger partial charge >= 0.3 is 11.9 Å². The van der Waals surface area contributed by atoms with Crippen LogP contribution < -0.4 is 33.2 Å². The lowest BCUT2D eigenvalue weighted by atomic mass is 10.1. The number of nitrogens with one attached hydrogen (secondary N) is 3. The maximum atomic E-state index is 12.8. The lowest BCUT2D eigenvalue weighted by Gasteiger charge is -2.26. The van der Waals surface area contributed by atoms with Gasteiger partial charge in [-0.2, -0.15) is 11.8 Å². The number of aliphatic imine (C=N–C) groups is 1. The summed E-state index contributed by atoms with van der Waals surface area (Å²) < 4.78 is 0. The third kappa shape index (κ3) is 13.7. The smallest absolute Gasteiger partial charge is 0.326 e. The molecule has 0 radical (unpaired) electrons. The van der Waals surface area contributed by atoms with Crippen molar-refractivity contribution in [3.05, 3.63) is 0 Å². The molecule has 12 N–H and O–H groups in total. The molecule has 0 bridgehead atoms. The van der Waals surface area contributed by atoms with E-state index in [1.54, 1.807) is 6.26 Å². The zero-order valence-corrected chi connectivity index (χ0v) is 21.1. The van der Waals surface area contributed by atoms with Gasteiger partial charge in [-0.15, -0.1) is 0 Å². The van der Waals surface area contributed by atoms with Gasteiger partial charge in [-0.25, -0.2) is 4.79 Å². The topological polar surface area (TPSA) is 273 Å². The first-order valence-corrected chi connectivity index (χ1v) is 12.5. The number of aliphatic carboxylic acids is 2. The molecule has 5 atom stereocenters. The molecule has 0 aromatic carbocycles. The van der Waals surface area contributed by atoms with Gasteiger partial charge in [-0.1, -0.05) is 0 Å². The standard InChI is InChI=1S/C20H37N7O8S/c1-10(28)15(27-16(31)11(21)5-6-14(29)30)18(33)25-12(7-9-36-2)17(32)26-13(19(34)35)4-3-8-24-20(22)23/h10-13,15,28H,3-9,21H2,1-2H3,(H,25,33)(H,26,32)(H,27,31)(H,29,30)(H,34,35)(H4,22,23,24). The van der Waals surface area contributed by atoms with Crippen LogP contribution in [0.1, 0.15) is 39.0 Å². The van der Waals surface area contributed by atoms with E-state index in [-0.39, 0.29) is 44.6 Å². The highest BCUT2D eigenvalue weighted by Gasteiger charge is 2.32. The zero-order valence-electron chi connectivity index (χ0n) is 20.3. The number of rotatable bonds is 18. The number of aliphatic hydroxyl groups excluding tert-OH is 1.